The van der Waals surface area contributed by atoms with Crippen molar-refractivity contribution < 1.29 is 9.84 Å². The number of anilines is 1. The Kier molecular flexibility index (Phi) is 4.80. The zero-order valence-electron chi connectivity index (χ0n) is 15.3. The number of halogens is 1. The quantitative estimate of drug-likeness (QED) is 0.697. The van der Waals surface area contributed by atoms with Crippen LogP contribution in [0.5, 0.6) is 0 Å². The lowest BCUT2D eigenvalue weighted by Crippen LogP contribution is -2.20. The normalized spacial score (nSPS) is 16.3. The van der Waals surface area contributed by atoms with Crippen molar-refractivity contribution in [2.45, 2.75) is 37.8 Å². The van der Waals surface area contributed by atoms with E-state index in [9.17, 15) is 5.11 Å². The molecular weight excluding hydrogens is 364 g/mol. The van der Waals surface area contributed by atoms with E-state index >= 15 is 0 Å². The number of ether oxygens (including phenoxy) is 1. The average molecular weight is 387 g/mol. The molecule has 0 saturated heterocycles. The minimum Gasteiger partial charge on any atom is -0.385 e. The number of aliphatic hydroxyl groups is 1. The zero-order valence-corrected chi connectivity index (χ0v) is 16.0. The fourth-order valence-corrected chi connectivity index (χ4v) is 4.16. The molecule has 4 rings (SSSR count). The Morgan fingerprint density at radius 3 is 2.85 bits per heavy atom. The fourth-order valence-electron chi connectivity index (χ4n) is 3.97. The van der Waals surface area contributed by atoms with Crippen molar-refractivity contribution in [3.05, 3.63) is 41.2 Å². The standard InChI is InChI=1S/C20H23ClN4O2/c1-27-9-8-25-12-15(18-16(21)11-23-19(22)24-18)14-10-13(4-5-17(14)25)20(26)6-2-3-7-20/h4-5,10-12,26H,2-3,6-9H2,1H3,(H2,22,23,24). The summed E-state index contributed by atoms with van der Waals surface area (Å²) in [5.41, 5.74) is 8.50. The summed E-state index contributed by atoms with van der Waals surface area (Å²) >= 11 is 6.38. The van der Waals surface area contributed by atoms with Crippen molar-refractivity contribution in [3.63, 3.8) is 0 Å². The van der Waals surface area contributed by atoms with Gasteiger partial charge in [-0.15, -0.1) is 0 Å². The molecule has 142 valence electrons. The third-order valence-corrected chi connectivity index (χ3v) is 5.68. The predicted molar refractivity (Wildman–Crippen MR) is 107 cm³/mol. The number of hydrogen-bond donors (Lipinski definition) is 2. The van der Waals surface area contributed by atoms with Crippen LogP contribution in [0.2, 0.25) is 5.02 Å². The van der Waals surface area contributed by atoms with Crippen molar-refractivity contribution >= 4 is 28.5 Å². The molecule has 0 aliphatic heterocycles. The number of nitrogens with two attached hydrogens (primary N) is 1. The minimum absolute atomic E-state index is 0.178. The van der Waals surface area contributed by atoms with Crippen molar-refractivity contribution in [2.75, 3.05) is 19.5 Å². The zero-order chi connectivity index (χ0) is 19.0. The number of rotatable bonds is 5. The van der Waals surface area contributed by atoms with Crippen molar-refractivity contribution in [3.8, 4) is 11.3 Å². The van der Waals surface area contributed by atoms with Crippen LogP contribution in [0.3, 0.4) is 0 Å². The van der Waals surface area contributed by atoms with Crippen LogP contribution in [0, 0.1) is 0 Å². The molecule has 7 heteroatoms. The molecule has 0 radical (unpaired) electrons. The number of nitrogen functional groups attached to an aromatic ring is 1. The van der Waals surface area contributed by atoms with E-state index in [2.05, 4.69) is 26.7 Å². The molecule has 3 aromatic rings. The second kappa shape index (κ2) is 7.11. The highest BCUT2D eigenvalue weighted by Crippen LogP contribution is 2.41. The SMILES string of the molecule is COCCn1cc(-c2nc(N)ncc2Cl)c2cc(C3(O)CCCC3)ccc21. The highest BCUT2D eigenvalue weighted by atomic mass is 35.5. The molecule has 0 spiro atoms. The molecule has 6 nitrogen and oxygen atoms in total. The van der Waals surface area contributed by atoms with Gasteiger partial charge in [-0.1, -0.05) is 30.5 Å². The number of aromatic nitrogens is 3. The van der Waals surface area contributed by atoms with Crippen LogP contribution in [-0.2, 0) is 16.9 Å². The third-order valence-electron chi connectivity index (χ3n) is 5.40. The summed E-state index contributed by atoms with van der Waals surface area (Å²) in [6.45, 7) is 1.29. The first-order valence-electron chi connectivity index (χ1n) is 9.15. The highest BCUT2D eigenvalue weighted by Gasteiger charge is 2.33. The fraction of sp³-hybridized carbons (Fsp3) is 0.400. The number of hydrogen-bond acceptors (Lipinski definition) is 5. The van der Waals surface area contributed by atoms with Crippen molar-refractivity contribution in [1.82, 2.24) is 14.5 Å². The molecule has 2 aromatic heterocycles. The Labute approximate surface area is 162 Å². The van der Waals surface area contributed by atoms with E-state index in [1.807, 2.05) is 12.3 Å². The number of benzene rings is 1. The van der Waals surface area contributed by atoms with E-state index < -0.39 is 5.60 Å². The molecule has 0 bridgehead atoms. The average Bonchev–Trinajstić information content (AvgIpc) is 3.26. The molecular formula is C20H23ClN4O2. The Bertz CT molecular complexity index is 980. The first kappa shape index (κ1) is 18.2. The molecule has 0 amide bonds. The van der Waals surface area contributed by atoms with Crippen molar-refractivity contribution in [1.29, 1.82) is 0 Å². The van der Waals surface area contributed by atoms with Crippen LogP contribution in [0.25, 0.3) is 22.2 Å². The minimum atomic E-state index is -0.755. The molecule has 3 N–H and O–H groups in total. The first-order valence-corrected chi connectivity index (χ1v) is 9.53. The van der Waals surface area contributed by atoms with Gasteiger partial charge in [0.25, 0.3) is 0 Å². The molecule has 0 atom stereocenters. The maximum Gasteiger partial charge on any atom is 0.220 e. The van der Waals surface area contributed by atoms with Crippen LogP contribution >= 0.6 is 11.6 Å². The van der Waals surface area contributed by atoms with Gasteiger partial charge in [0.15, 0.2) is 0 Å². The summed E-state index contributed by atoms with van der Waals surface area (Å²) in [6.07, 6.45) is 7.21. The van der Waals surface area contributed by atoms with E-state index in [4.69, 9.17) is 22.1 Å². The molecule has 1 aliphatic rings. The molecule has 1 saturated carbocycles. The van der Waals surface area contributed by atoms with Gasteiger partial charge < -0.3 is 20.1 Å². The summed E-state index contributed by atoms with van der Waals surface area (Å²) in [6, 6.07) is 6.14. The van der Waals surface area contributed by atoms with E-state index in [1.165, 1.54) is 6.20 Å². The lowest BCUT2D eigenvalue weighted by Gasteiger charge is -2.23. The maximum atomic E-state index is 11.0. The molecule has 1 fully saturated rings. The molecule has 2 heterocycles. The smallest absolute Gasteiger partial charge is 0.220 e. The van der Waals surface area contributed by atoms with Crippen LogP contribution in [0.15, 0.2) is 30.6 Å². The summed E-state index contributed by atoms with van der Waals surface area (Å²) in [5.74, 6) is 0.178. The Hall–Kier alpha value is -2.15. The topological polar surface area (TPSA) is 86.2 Å². The predicted octanol–water partition coefficient (Wildman–Crippen LogP) is 3.74. The third kappa shape index (κ3) is 3.29. The Morgan fingerprint density at radius 1 is 1.33 bits per heavy atom. The van der Waals surface area contributed by atoms with Gasteiger partial charge in [0.1, 0.15) is 0 Å². The van der Waals surface area contributed by atoms with Gasteiger partial charge in [-0.2, -0.15) is 0 Å². The largest absolute Gasteiger partial charge is 0.385 e. The van der Waals surface area contributed by atoms with Crippen LogP contribution in [0.1, 0.15) is 31.2 Å². The van der Waals surface area contributed by atoms with E-state index in [-0.39, 0.29) is 5.95 Å². The lowest BCUT2D eigenvalue weighted by molar-refractivity contribution is 0.0446. The second-order valence-electron chi connectivity index (χ2n) is 7.12. The molecule has 1 aromatic carbocycles. The maximum absolute atomic E-state index is 11.0. The number of nitrogens with zero attached hydrogens (tertiary/aromatic N) is 3. The first-order chi connectivity index (χ1) is 13.0. The molecule has 27 heavy (non-hydrogen) atoms. The van der Waals surface area contributed by atoms with E-state index in [0.29, 0.717) is 23.9 Å². The van der Waals surface area contributed by atoms with Gasteiger partial charge >= 0.3 is 0 Å². The van der Waals surface area contributed by atoms with Crippen LogP contribution < -0.4 is 5.73 Å². The summed E-state index contributed by atoms with van der Waals surface area (Å²) in [4.78, 5) is 8.32. The molecule has 0 unspecified atom stereocenters. The van der Waals surface area contributed by atoms with Gasteiger partial charge in [0.05, 0.1) is 29.1 Å². The Morgan fingerprint density at radius 2 is 2.11 bits per heavy atom. The summed E-state index contributed by atoms with van der Waals surface area (Å²) in [5, 5.41) is 12.5. The van der Waals surface area contributed by atoms with Crippen LogP contribution in [0.4, 0.5) is 5.95 Å². The highest BCUT2D eigenvalue weighted by molar-refractivity contribution is 6.33. The second-order valence-corrected chi connectivity index (χ2v) is 7.53. The van der Waals surface area contributed by atoms with E-state index in [1.54, 1.807) is 7.11 Å². The number of methoxy groups -OCH3 is 1. The van der Waals surface area contributed by atoms with Gasteiger partial charge in [-0.25, -0.2) is 9.97 Å². The lowest BCUT2D eigenvalue weighted by atomic mass is 9.91. The van der Waals surface area contributed by atoms with Gasteiger partial charge in [0, 0.05) is 36.3 Å². The van der Waals surface area contributed by atoms with E-state index in [0.717, 1.165) is 47.7 Å². The van der Waals surface area contributed by atoms with Gasteiger partial charge in [-0.3, -0.25) is 0 Å². The van der Waals surface area contributed by atoms with Crippen LogP contribution in [-0.4, -0.2) is 33.4 Å². The van der Waals surface area contributed by atoms with Gasteiger partial charge in [-0.05, 0) is 30.5 Å². The summed E-state index contributed by atoms with van der Waals surface area (Å²) in [7, 11) is 1.68. The monoisotopic (exact) mass is 386 g/mol. The Balaban J connectivity index is 1.91. The number of fused-ring (bicyclic) bond motifs is 1. The molecule has 1 aliphatic carbocycles. The van der Waals surface area contributed by atoms with Gasteiger partial charge in [0.2, 0.25) is 5.95 Å². The summed E-state index contributed by atoms with van der Waals surface area (Å²) < 4.78 is 7.36. The van der Waals surface area contributed by atoms with Crippen molar-refractivity contribution in [2.24, 2.45) is 0 Å².